The quantitative estimate of drug-likeness (QED) is 0.901. The highest BCUT2D eigenvalue weighted by molar-refractivity contribution is 6.02. The molecule has 2 aromatic rings. The van der Waals surface area contributed by atoms with E-state index in [1.807, 2.05) is 49.7 Å². The molecule has 1 aromatic carbocycles. The second-order valence-corrected chi connectivity index (χ2v) is 4.31. The molecule has 0 saturated carbocycles. The van der Waals surface area contributed by atoms with Gasteiger partial charge < -0.3 is 5.32 Å². The lowest BCUT2D eigenvalue weighted by atomic mass is 10.2. The van der Waals surface area contributed by atoms with Crippen molar-refractivity contribution in [2.24, 2.45) is 0 Å². The van der Waals surface area contributed by atoms with Gasteiger partial charge in [-0.15, -0.1) is 0 Å². The molecule has 0 spiro atoms. The predicted molar refractivity (Wildman–Crippen MR) is 71.8 cm³/mol. The number of nitrogens with one attached hydrogen (secondary N) is 1. The van der Waals surface area contributed by atoms with Gasteiger partial charge in [0.05, 0.1) is 0 Å². The van der Waals surface area contributed by atoms with E-state index in [1.54, 1.807) is 6.07 Å². The van der Waals surface area contributed by atoms with Crippen molar-refractivity contribution in [1.29, 1.82) is 0 Å². The van der Waals surface area contributed by atoms with Gasteiger partial charge in [0, 0.05) is 17.9 Å². The molecular weight excluding hydrogens is 226 g/mol. The van der Waals surface area contributed by atoms with E-state index in [0.29, 0.717) is 5.69 Å². The smallest absolute Gasteiger partial charge is 0.276 e. The number of hydrogen-bond acceptors (Lipinski definition) is 2. The van der Waals surface area contributed by atoms with E-state index < -0.39 is 0 Å². The standard InChI is InChI=1S/C14H17N3O/c1-4-17-11(3)9-13(16-17)14(18)15-12-7-5-10(2)6-8-12/h5-9H,4H2,1-3H3,(H,15,18). The molecule has 0 aliphatic carbocycles. The van der Waals surface area contributed by atoms with Crippen molar-refractivity contribution in [2.75, 3.05) is 5.32 Å². The molecule has 4 nitrogen and oxygen atoms in total. The Morgan fingerprint density at radius 3 is 2.50 bits per heavy atom. The van der Waals surface area contributed by atoms with E-state index >= 15 is 0 Å². The third-order valence-electron chi connectivity index (χ3n) is 2.82. The molecule has 0 unspecified atom stereocenters. The van der Waals surface area contributed by atoms with Crippen LogP contribution in [0.5, 0.6) is 0 Å². The molecule has 1 heterocycles. The molecular formula is C14H17N3O. The average molecular weight is 243 g/mol. The molecule has 0 aliphatic heterocycles. The van der Waals surface area contributed by atoms with Gasteiger partial charge in [0.15, 0.2) is 5.69 Å². The molecule has 0 saturated heterocycles. The van der Waals surface area contributed by atoms with Crippen LogP contribution >= 0.6 is 0 Å². The van der Waals surface area contributed by atoms with Crippen molar-refractivity contribution in [3.05, 3.63) is 47.3 Å². The molecule has 94 valence electrons. The number of benzene rings is 1. The van der Waals surface area contributed by atoms with Gasteiger partial charge in [0.25, 0.3) is 5.91 Å². The van der Waals surface area contributed by atoms with Crippen molar-refractivity contribution in [1.82, 2.24) is 9.78 Å². The molecule has 0 bridgehead atoms. The first-order valence-corrected chi connectivity index (χ1v) is 6.02. The zero-order chi connectivity index (χ0) is 13.1. The summed E-state index contributed by atoms with van der Waals surface area (Å²) in [6.07, 6.45) is 0. The van der Waals surface area contributed by atoms with Gasteiger partial charge >= 0.3 is 0 Å². The summed E-state index contributed by atoms with van der Waals surface area (Å²) in [5.41, 5.74) is 3.40. The summed E-state index contributed by atoms with van der Waals surface area (Å²) in [6.45, 7) is 6.72. The van der Waals surface area contributed by atoms with Gasteiger partial charge in [0.2, 0.25) is 0 Å². The zero-order valence-corrected chi connectivity index (χ0v) is 10.9. The topological polar surface area (TPSA) is 46.9 Å². The lowest BCUT2D eigenvalue weighted by molar-refractivity contribution is 0.102. The fourth-order valence-electron chi connectivity index (χ4n) is 1.77. The van der Waals surface area contributed by atoms with E-state index in [4.69, 9.17) is 0 Å². The summed E-state index contributed by atoms with van der Waals surface area (Å²) in [5, 5.41) is 7.08. The third kappa shape index (κ3) is 2.59. The summed E-state index contributed by atoms with van der Waals surface area (Å²) in [4.78, 5) is 12.0. The van der Waals surface area contributed by atoms with Gasteiger partial charge in [-0.25, -0.2) is 0 Å². The van der Waals surface area contributed by atoms with E-state index in [-0.39, 0.29) is 5.91 Å². The number of anilines is 1. The van der Waals surface area contributed by atoms with E-state index in [9.17, 15) is 4.79 Å². The summed E-state index contributed by atoms with van der Waals surface area (Å²) in [5.74, 6) is -0.172. The maximum absolute atomic E-state index is 12.0. The Morgan fingerprint density at radius 1 is 1.28 bits per heavy atom. The molecule has 0 fully saturated rings. The van der Waals surface area contributed by atoms with E-state index in [2.05, 4.69) is 10.4 Å². The van der Waals surface area contributed by atoms with Gasteiger partial charge in [-0.3, -0.25) is 9.48 Å². The van der Waals surface area contributed by atoms with Crippen LogP contribution < -0.4 is 5.32 Å². The molecule has 0 atom stereocenters. The maximum atomic E-state index is 12.0. The largest absolute Gasteiger partial charge is 0.321 e. The second-order valence-electron chi connectivity index (χ2n) is 4.31. The number of carbonyl (C=O) groups is 1. The number of aryl methyl sites for hydroxylation is 3. The number of nitrogens with zero attached hydrogens (tertiary/aromatic N) is 2. The normalized spacial score (nSPS) is 10.4. The fourth-order valence-corrected chi connectivity index (χ4v) is 1.77. The number of carbonyl (C=O) groups excluding carboxylic acids is 1. The van der Waals surface area contributed by atoms with Crippen LogP contribution in [0.4, 0.5) is 5.69 Å². The molecule has 1 amide bonds. The highest BCUT2D eigenvalue weighted by Crippen LogP contribution is 2.11. The minimum atomic E-state index is -0.172. The Bertz CT molecular complexity index is 555. The number of hydrogen-bond donors (Lipinski definition) is 1. The number of amides is 1. The van der Waals surface area contributed by atoms with Crippen LogP contribution in [-0.2, 0) is 6.54 Å². The Hall–Kier alpha value is -2.10. The van der Waals surface area contributed by atoms with Crippen LogP contribution in [0.25, 0.3) is 0 Å². The molecule has 18 heavy (non-hydrogen) atoms. The minimum absolute atomic E-state index is 0.172. The molecule has 0 radical (unpaired) electrons. The molecule has 1 N–H and O–H groups in total. The summed E-state index contributed by atoms with van der Waals surface area (Å²) in [7, 11) is 0. The molecule has 2 rings (SSSR count). The fraction of sp³-hybridized carbons (Fsp3) is 0.286. The van der Waals surface area contributed by atoms with Crippen molar-refractivity contribution in [2.45, 2.75) is 27.3 Å². The lowest BCUT2D eigenvalue weighted by Crippen LogP contribution is -2.13. The van der Waals surface area contributed by atoms with Crippen molar-refractivity contribution >= 4 is 11.6 Å². The molecule has 0 aliphatic rings. The molecule has 4 heteroatoms. The van der Waals surface area contributed by atoms with Crippen LogP contribution in [0.3, 0.4) is 0 Å². The SMILES string of the molecule is CCn1nc(C(=O)Nc2ccc(C)cc2)cc1C. The Kier molecular flexibility index (Phi) is 3.46. The van der Waals surface area contributed by atoms with Crippen molar-refractivity contribution in [3.63, 3.8) is 0 Å². The maximum Gasteiger partial charge on any atom is 0.276 e. The van der Waals surface area contributed by atoms with Gasteiger partial charge in [0.1, 0.15) is 0 Å². The third-order valence-corrected chi connectivity index (χ3v) is 2.82. The van der Waals surface area contributed by atoms with Crippen molar-refractivity contribution in [3.8, 4) is 0 Å². The van der Waals surface area contributed by atoms with Crippen LogP contribution in [0, 0.1) is 13.8 Å². The van der Waals surface area contributed by atoms with E-state index in [1.165, 1.54) is 5.56 Å². The second kappa shape index (κ2) is 5.04. The van der Waals surface area contributed by atoms with Crippen molar-refractivity contribution < 1.29 is 4.79 Å². The highest BCUT2D eigenvalue weighted by Gasteiger charge is 2.11. The Morgan fingerprint density at radius 2 is 1.94 bits per heavy atom. The van der Waals surface area contributed by atoms with Gasteiger partial charge in [-0.2, -0.15) is 5.10 Å². The monoisotopic (exact) mass is 243 g/mol. The number of aromatic nitrogens is 2. The van der Waals surface area contributed by atoms with Crippen LogP contribution in [0.2, 0.25) is 0 Å². The Labute approximate surface area is 107 Å². The minimum Gasteiger partial charge on any atom is -0.321 e. The van der Waals surface area contributed by atoms with Crippen LogP contribution in [0.15, 0.2) is 30.3 Å². The van der Waals surface area contributed by atoms with Gasteiger partial charge in [-0.05, 0) is 39.0 Å². The Balaban J connectivity index is 2.14. The average Bonchev–Trinajstić information content (AvgIpc) is 2.73. The highest BCUT2D eigenvalue weighted by atomic mass is 16.1. The molecule has 1 aromatic heterocycles. The summed E-state index contributed by atoms with van der Waals surface area (Å²) < 4.78 is 1.81. The lowest BCUT2D eigenvalue weighted by Gasteiger charge is -2.03. The van der Waals surface area contributed by atoms with Crippen LogP contribution in [0.1, 0.15) is 28.7 Å². The first-order chi connectivity index (χ1) is 8.60. The zero-order valence-electron chi connectivity index (χ0n) is 10.9. The first-order valence-electron chi connectivity index (χ1n) is 6.02. The van der Waals surface area contributed by atoms with E-state index in [0.717, 1.165) is 17.9 Å². The first kappa shape index (κ1) is 12.4. The summed E-state index contributed by atoms with van der Waals surface area (Å²) >= 11 is 0. The summed E-state index contributed by atoms with van der Waals surface area (Å²) in [6, 6.07) is 9.50. The predicted octanol–water partition coefficient (Wildman–Crippen LogP) is 2.77. The number of rotatable bonds is 3. The van der Waals surface area contributed by atoms with Crippen LogP contribution in [-0.4, -0.2) is 15.7 Å². The van der Waals surface area contributed by atoms with Gasteiger partial charge in [-0.1, -0.05) is 17.7 Å².